The molecular weight excluding hydrogens is 214 g/mol. The van der Waals surface area contributed by atoms with Crippen molar-refractivity contribution in [2.24, 2.45) is 0 Å². The van der Waals surface area contributed by atoms with Gasteiger partial charge in [0.05, 0.1) is 5.51 Å². The minimum absolute atomic E-state index is 0.00331. The van der Waals surface area contributed by atoms with Gasteiger partial charge in [-0.15, -0.1) is 11.3 Å². The first-order valence-electron chi connectivity index (χ1n) is 4.71. The fourth-order valence-electron chi connectivity index (χ4n) is 1.45. The van der Waals surface area contributed by atoms with Gasteiger partial charge in [0.25, 0.3) is 5.91 Å². The Morgan fingerprint density at radius 2 is 2.40 bits per heavy atom. The fraction of sp³-hybridized carbons (Fsp3) is 0.444. The first kappa shape index (κ1) is 10.1. The van der Waals surface area contributed by atoms with Gasteiger partial charge in [0.15, 0.2) is 0 Å². The van der Waals surface area contributed by atoms with E-state index >= 15 is 0 Å². The molecule has 1 N–H and O–H groups in total. The Bertz CT molecular complexity index is 363. The minimum atomic E-state index is -0.0900. The molecule has 0 aromatic carbocycles. The lowest BCUT2D eigenvalue weighted by Gasteiger charge is -2.17. The Balaban J connectivity index is 2.04. The maximum Gasteiger partial charge on any atom is 0.273 e. The van der Waals surface area contributed by atoms with Crippen LogP contribution in [0.15, 0.2) is 10.9 Å². The summed E-state index contributed by atoms with van der Waals surface area (Å²) in [6.07, 6.45) is 0.371. The van der Waals surface area contributed by atoms with E-state index in [1.807, 2.05) is 0 Å². The molecule has 2 amide bonds. The maximum absolute atomic E-state index is 11.9. The number of aromatic nitrogens is 1. The number of nitrogens with zero attached hydrogens (tertiary/aromatic N) is 2. The van der Waals surface area contributed by atoms with Crippen molar-refractivity contribution in [3.8, 4) is 0 Å². The molecule has 80 valence electrons. The van der Waals surface area contributed by atoms with Gasteiger partial charge in [-0.2, -0.15) is 0 Å². The van der Waals surface area contributed by atoms with Gasteiger partial charge in [0, 0.05) is 31.4 Å². The fourth-order valence-corrected chi connectivity index (χ4v) is 1.98. The van der Waals surface area contributed by atoms with E-state index in [2.05, 4.69) is 10.3 Å². The van der Waals surface area contributed by atoms with Gasteiger partial charge in [-0.25, -0.2) is 4.98 Å². The zero-order chi connectivity index (χ0) is 10.7. The standard InChI is InChI=1S/C9H11N3O2S/c13-8-1-3-12(4-2-10-8)9(14)7-5-15-6-11-7/h5-6H,1-4H2,(H,10,13). The molecule has 1 aliphatic heterocycles. The molecule has 2 rings (SSSR count). The van der Waals surface area contributed by atoms with Crippen molar-refractivity contribution in [3.63, 3.8) is 0 Å². The second kappa shape index (κ2) is 4.39. The highest BCUT2D eigenvalue weighted by atomic mass is 32.1. The molecule has 0 radical (unpaired) electrons. The molecule has 0 unspecified atom stereocenters. The van der Waals surface area contributed by atoms with Gasteiger partial charge in [0.2, 0.25) is 5.91 Å². The van der Waals surface area contributed by atoms with Crippen molar-refractivity contribution in [1.82, 2.24) is 15.2 Å². The van der Waals surface area contributed by atoms with E-state index < -0.39 is 0 Å². The molecule has 1 aromatic rings. The Morgan fingerprint density at radius 3 is 3.13 bits per heavy atom. The number of amides is 2. The minimum Gasteiger partial charge on any atom is -0.354 e. The van der Waals surface area contributed by atoms with Crippen LogP contribution in [0.3, 0.4) is 0 Å². The highest BCUT2D eigenvalue weighted by Gasteiger charge is 2.20. The average Bonchev–Trinajstić information content (AvgIpc) is 2.67. The summed E-state index contributed by atoms with van der Waals surface area (Å²) in [5.41, 5.74) is 2.10. The van der Waals surface area contributed by atoms with Crippen molar-refractivity contribution in [2.75, 3.05) is 19.6 Å². The van der Waals surface area contributed by atoms with Crippen molar-refractivity contribution < 1.29 is 9.59 Å². The van der Waals surface area contributed by atoms with E-state index in [4.69, 9.17) is 0 Å². The Hall–Kier alpha value is -1.43. The molecule has 1 aromatic heterocycles. The van der Waals surface area contributed by atoms with E-state index in [1.54, 1.807) is 15.8 Å². The molecule has 0 aliphatic carbocycles. The van der Waals surface area contributed by atoms with Gasteiger partial charge in [-0.1, -0.05) is 0 Å². The molecule has 1 fully saturated rings. The number of rotatable bonds is 1. The predicted molar refractivity (Wildman–Crippen MR) is 55.6 cm³/mol. The first-order chi connectivity index (χ1) is 7.27. The van der Waals surface area contributed by atoms with E-state index in [0.29, 0.717) is 31.7 Å². The van der Waals surface area contributed by atoms with Crippen LogP contribution >= 0.6 is 11.3 Å². The normalized spacial score (nSPS) is 17.1. The molecule has 0 spiro atoms. The molecular formula is C9H11N3O2S. The Labute approximate surface area is 91.1 Å². The largest absolute Gasteiger partial charge is 0.354 e. The van der Waals surface area contributed by atoms with Gasteiger partial charge in [-0.3, -0.25) is 9.59 Å². The van der Waals surface area contributed by atoms with E-state index in [9.17, 15) is 9.59 Å². The smallest absolute Gasteiger partial charge is 0.273 e. The second-order valence-electron chi connectivity index (χ2n) is 3.27. The van der Waals surface area contributed by atoms with Crippen LogP contribution in [0.1, 0.15) is 16.9 Å². The third-order valence-corrected chi connectivity index (χ3v) is 2.84. The van der Waals surface area contributed by atoms with Crippen LogP contribution in [0.4, 0.5) is 0 Å². The molecule has 0 atom stereocenters. The molecule has 2 heterocycles. The van der Waals surface area contributed by atoms with Crippen molar-refractivity contribution in [2.45, 2.75) is 6.42 Å². The second-order valence-corrected chi connectivity index (χ2v) is 3.98. The summed E-state index contributed by atoms with van der Waals surface area (Å²) < 4.78 is 0. The molecule has 5 nitrogen and oxygen atoms in total. The maximum atomic E-state index is 11.9. The van der Waals surface area contributed by atoms with Crippen LogP contribution in [0.2, 0.25) is 0 Å². The van der Waals surface area contributed by atoms with Gasteiger partial charge in [-0.05, 0) is 0 Å². The van der Waals surface area contributed by atoms with Gasteiger partial charge < -0.3 is 10.2 Å². The quantitative estimate of drug-likeness (QED) is 0.737. The van der Waals surface area contributed by atoms with Crippen LogP contribution in [0.5, 0.6) is 0 Å². The van der Waals surface area contributed by atoms with Gasteiger partial charge in [0.1, 0.15) is 5.69 Å². The summed E-state index contributed by atoms with van der Waals surface area (Å²) in [7, 11) is 0. The Morgan fingerprint density at radius 1 is 1.53 bits per heavy atom. The molecule has 15 heavy (non-hydrogen) atoms. The number of thiazole rings is 1. The highest BCUT2D eigenvalue weighted by Crippen LogP contribution is 2.07. The number of hydrogen-bond acceptors (Lipinski definition) is 4. The summed E-state index contributed by atoms with van der Waals surface area (Å²) in [6, 6.07) is 0. The zero-order valence-electron chi connectivity index (χ0n) is 8.10. The van der Waals surface area contributed by atoms with Crippen molar-refractivity contribution in [1.29, 1.82) is 0 Å². The number of carbonyl (C=O) groups is 2. The zero-order valence-corrected chi connectivity index (χ0v) is 8.92. The van der Waals surface area contributed by atoms with E-state index in [1.165, 1.54) is 11.3 Å². The van der Waals surface area contributed by atoms with Gasteiger partial charge >= 0.3 is 0 Å². The number of nitrogens with one attached hydrogen (secondary N) is 1. The van der Waals surface area contributed by atoms with Crippen molar-refractivity contribution in [3.05, 3.63) is 16.6 Å². The van der Waals surface area contributed by atoms with Crippen LogP contribution in [0, 0.1) is 0 Å². The molecule has 0 saturated carbocycles. The summed E-state index contributed by atoms with van der Waals surface area (Å²) in [4.78, 5) is 28.5. The first-order valence-corrected chi connectivity index (χ1v) is 5.66. The average molecular weight is 225 g/mol. The lowest BCUT2D eigenvalue weighted by atomic mass is 10.3. The third kappa shape index (κ3) is 2.33. The van der Waals surface area contributed by atoms with E-state index in [-0.39, 0.29) is 11.8 Å². The number of hydrogen-bond donors (Lipinski definition) is 1. The topological polar surface area (TPSA) is 62.3 Å². The molecule has 1 saturated heterocycles. The molecule has 0 bridgehead atoms. The van der Waals surface area contributed by atoms with Crippen LogP contribution in [-0.4, -0.2) is 41.3 Å². The number of carbonyl (C=O) groups excluding carboxylic acids is 2. The summed E-state index contributed by atoms with van der Waals surface area (Å²) in [6.45, 7) is 1.55. The molecule has 1 aliphatic rings. The monoisotopic (exact) mass is 225 g/mol. The van der Waals surface area contributed by atoms with Crippen LogP contribution in [0.25, 0.3) is 0 Å². The lowest BCUT2D eigenvalue weighted by Crippen LogP contribution is -2.34. The van der Waals surface area contributed by atoms with E-state index in [0.717, 1.165) is 0 Å². The molecule has 6 heteroatoms. The lowest BCUT2D eigenvalue weighted by molar-refractivity contribution is -0.120. The predicted octanol–water partition coefficient (Wildman–Crippen LogP) is 0.105. The SMILES string of the molecule is O=C1CCN(C(=O)c2cscn2)CCN1. The van der Waals surface area contributed by atoms with Crippen molar-refractivity contribution >= 4 is 23.2 Å². The summed E-state index contributed by atoms with van der Waals surface area (Å²) in [5.74, 6) is -0.0867. The third-order valence-electron chi connectivity index (χ3n) is 2.25. The van der Waals surface area contributed by atoms with Crippen LogP contribution in [-0.2, 0) is 4.79 Å². The highest BCUT2D eigenvalue weighted by molar-refractivity contribution is 7.07. The summed E-state index contributed by atoms with van der Waals surface area (Å²) in [5, 5.41) is 4.45. The van der Waals surface area contributed by atoms with Crippen LogP contribution < -0.4 is 5.32 Å². The summed E-state index contributed by atoms with van der Waals surface area (Å²) >= 11 is 1.40. The Kier molecular flexibility index (Phi) is 2.96.